The smallest absolute Gasteiger partial charge is 0.348 e. The number of ketones is 1. The van der Waals surface area contributed by atoms with Gasteiger partial charge in [-0.15, -0.1) is 11.3 Å². The highest BCUT2D eigenvalue weighted by Gasteiger charge is 2.48. The second-order valence-corrected chi connectivity index (χ2v) is 7.01. The van der Waals surface area contributed by atoms with E-state index in [0.29, 0.717) is 10.4 Å². The average molecular weight is 370 g/mol. The van der Waals surface area contributed by atoms with Crippen molar-refractivity contribution in [1.82, 2.24) is 0 Å². The highest BCUT2D eigenvalue weighted by atomic mass is 32.1. The van der Waals surface area contributed by atoms with E-state index in [9.17, 15) is 30.0 Å². The summed E-state index contributed by atoms with van der Waals surface area (Å²) < 4.78 is 10.1. The third-order valence-electron chi connectivity index (χ3n) is 4.45. The van der Waals surface area contributed by atoms with Crippen molar-refractivity contribution in [3.8, 4) is 0 Å². The van der Waals surface area contributed by atoms with Crippen LogP contribution in [0.5, 0.6) is 0 Å². The van der Waals surface area contributed by atoms with E-state index in [2.05, 4.69) is 4.74 Å². The van der Waals surface area contributed by atoms with Crippen LogP contribution in [0.25, 0.3) is 6.08 Å². The number of hydrogen-bond acceptors (Lipinski definition) is 9. The van der Waals surface area contributed by atoms with Gasteiger partial charge in [0.25, 0.3) is 0 Å². The lowest BCUT2D eigenvalue weighted by molar-refractivity contribution is -0.233. The maximum Gasteiger partial charge on any atom is 0.348 e. The molecule has 2 aliphatic rings. The number of esters is 1. The highest BCUT2D eigenvalue weighted by Crippen LogP contribution is 2.36. The molecule has 136 valence electrons. The van der Waals surface area contributed by atoms with Gasteiger partial charge in [-0.05, 0) is 12.1 Å². The van der Waals surface area contributed by atoms with Gasteiger partial charge in [-0.1, -0.05) is 6.08 Å². The summed E-state index contributed by atoms with van der Waals surface area (Å²) in [4.78, 5) is 25.3. The topological polar surface area (TPSA) is 134 Å². The zero-order valence-corrected chi connectivity index (χ0v) is 14.0. The zero-order valence-electron chi connectivity index (χ0n) is 13.2. The molecule has 9 heteroatoms. The summed E-state index contributed by atoms with van der Waals surface area (Å²) in [6, 6.07) is 1.43. The summed E-state index contributed by atoms with van der Waals surface area (Å²) in [5.41, 5.74) is 0.301. The Morgan fingerprint density at radius 2 is 2.00 bits per heavy atom. The third-order valence-corrected chi connectivity index (χ3v) is 5.53. The first-order chi connectivity index (χ1) is 11.9. The maximum absolute atomic E-state index is 12.8. The Labute approximate surface area is 146 Å². The molecule has 0 amide bonds. The highest BCUT2D eigenvalue weighted by molar-refractivity contribution is 7.15. The fourth-order valence-corrected chi connectivity index (χ4v) is 4.06. The first-order valence-corrected chi connectivity index (χ1v) is 8.45. The minimum atomic E-state index is -1.55. The number of aliphatic hydroxyl groups is 4. The van der Waals surface area contributed by atoms with Crippen LogP contribution < -0.4 is 0 Å². The number of methoxy groups -OCH3 is 1. The Morgan fingerprint density at radius 1 is 1.28 bits per heavy atom. The van der Waals surface area contributed by atoms with Crippen LogP contribution in [0.2, 0.25) is 0 Å². The van der Waals surface area contributed by atoms with Crippen molar-refractivity contribution in [1.29, 1.82) is 0 Å². The number of carbonyl (C=O) groups is 2. The van der Waals surface area contributed by atoms with Gasteiger partial charge < -0.3 is 29.9 Å². The fourth-order valence-electron chi connectivity index (χ4n) is 3.07. The Bertz CT molecular complexity index is 709. The van der Waals surface area contributed by atoms with E-state index in [4.69, 9.17) is 4.74 Å². The van der Waals surface area contributed by atoms with Crippen LogP contribution in [0.4, 0.5) is 0 Å². The normalized spacial score (nSPS) is 34.7. The number of aliphatic hydroxyl groups excluding tert-OH is 4. The SMILES string of the molecule is COC(=O)c1cc2c(s1)C=CC(C1OC(CO)C(O)C(O)C1O)C2=O. The van der Waals surface area contributed by atoms with Crippen LogP contribution in [0.1, 0.15) is 24.9 Å². The predicted molar refractivity (Wildman–Crippen MR) is 86.3 cm³/mol. The van der Waals surface area contributed by atoms with Gasteiger partial charge in [0, 0.05) is 10.4 Å². The summed E-state index contributed by atoms with van der Waals surface area (Å²) in [6.45, 7) is -0.567. The van der Waals surface area contributed by atoms with Crippen molar-refractivity contribution in [2.75, 3.05) is 13.7 Å². The van der Waals surface area contributed by atoms with Crippen molar-refractivity contribution in [2.45, 2.75) is 30.5 Å². The molecule has 0 bridgehead atoms. The number of Topliss-reactive ketones (excluding diaryl/α,β-unsaturated/α-hetero) is 1. The molecule has 1 saturated heterocycles. The summed E-state index contributed by atoms with van der Waals surface area (Å²) in [5, 5.41) is 39.2. The Balaban J connectivity index is 1.88. The van der Waals surface area contributed by atoms with E-state index in [-0.39, 0.29) is 10.7 Å². The first kappa shape index (κ1) is 18.2. The van der Waals surface area contributed by atoms with Crippen LogP contribution in [0.3, 0.4) is 0 Å². The predicted octanol–water partition coefficient (Wildman–Crippen LogP) is -0.797. The number of ether oxygens (including phenoxy) is 2. The van der Waals surface area contributed by atoms with Crippen LogP contribution in [-0.2, 0) is 9.47 Å². The van der Waals surface area contributed by atoms with Gasteiger partial charge in [-0.2, -0.15) is 0 Å². The number of fused-ring (bicyclic) bond motifs is 1. The second-order valence-electron chi connectivity index (χ2n) is 5.92. The molecule has 0 aromatic carbocycles. The summed E-state index contributed by atoms with van der Waals surface area (Å²) >= 11 is 1.11. The van der Waals surface area contributed by atoms with E-state index in [1.807, 2.05) is 0 Å². The van der Waals surface area contributed by atoms with Crippen molar-refractivity contribution in [3.05, 3.63) is 27.5 Å². The minimum Gasteiger partial charge on any atom is -0.465 e. The number of hydrogen-bond donors (Lipinski definition) is 4. The Kier molecular flexibility index (Phi) is 5.05. The number of thiophene rings is 1. The molecule has 1 aliphatic heterocycles. The molecule has 8 nitrogen and oxygen atoms in total. The van der Waals surface area contributed by atoms with E-state index in [1.54, 1.807) is 6.08 Å². The van der Waals surface area contributed by atoms with Crippen molar-refractivity contribution in [2.24, 2.45) is 5.92 Å². The molecule has 0 saturated carbocycles. The van der Waals surface area contributed by atoms with E-state index in [1.165, 1.54) is 19.3 Å². The zero-order chi connectivity index (χ0) is 18.3. The molecule has 3 rings (SSSR count). The van der Waals surface area contributed by atoms with Crippen LogP contribution >= 0.6 is 11.3 Å². The van der Waals surface area contributed by atoms with Crippen molar-refractivity contribution in [3.63, 3.8) is 0 Å². The molecular weight excluding hydrogens is 352 g/mol. The molecule has 1 aliphatic carbocycles. The minimum absolute atomic E-state index is 0.278. The maximum atomic E-state index is 12.8. The molecule has 0 spiro atoms. The number of carbonyl (C=O) groups excluding carboxylic acids is 2. The lowest BCUT2D eigenvalue weighted by Gasteiger charge is -2.42. The van der Waals surface area contributed by atoms with Gasteiger partial charge in [-0.3, -0.25) is 4.79 Å². The van der Waals surface area contributed by atoms with Gasteiger partial charge in [-0.25, -0.2) is 4.79 Å². The largest absolute Gasteiger partial charge is 0.465 e. The quantitative estimate of drug-likeness (QED) is 0.509. The molecular formula is C16H18O8S. The molecule has 4 N–H and O–H groups in total. The Hall–Kier alpha value is -1.62. The van der Waals surface area contributed by atoms with Gasteiger partial charge in [0.2, 0.25) is 0 Å². The van der Waals surface area contributed by atoms with Crippen LogP contribution in [0.15, 0.2) is 12.1 Å². The molecule has 6 atom stereocenters. The van der Waals surface area contributed by atoms with E-state index >= 15 is 0 Å². The molecule has 1 aromatic heterocycles. The van der Waals surface area contributed by atoms with Gasteiger partial charge in [0.05, 0.1) is 19.6 Å². The summed E-state index contributed by atoms with van der Waals surface area (Å²) in [7, 11) is 1.25. The average Bonchev–Trinajstić information content (AvgIpc) is 3.05. The summed E-state index contributed by atoms with van der Waals surface area (Å²) in [5.74, 6) is -1.85. The lowest BCUT2D eigenvalue weighted by Crippen LogP contribution is -2.61. The van der Waals surface area contributed by atoms with E-state index < -0.39 is 49.0 Å². The van der Waals surface area contributed by atoms with Crippen LogP contribution in [-0.4, -0.2) is 76.4 Å². The fraction of sp³-hybridized carbons (Fsp3) is 0.500. The number of rotatable bonds is 3. The second kappa shape index (κ2) is 6.94. The molecule has 2 heterocycles. The molecule has 0 radical (unpaired) electrons. The van der Waals surface area contributed by atoms with Crippen molar-refractivity contribution < 1.29 is 39.5 Å². The third kappa shape index (κ3) is 3.03. The standard InChI is InChI=1S/C16H18O8S/c1-23-16(22)10-4-7-9(25-10)3-2-6(11(7)18)15-14(21)13(20)12(19)8(5-17)24-15/h2-4,6,8,12-15,17,19-21H,5H2,1H3. The van der Waals surface area contributed by atoms with Gasteiger partial charge in [0.1, 0.15) is 35.4 Å². The van der Waals surface area contributed by atoms with Crippen LogP contribution in [0, 0.1) is 5.92 Å². The lowest BCUT2D eigenvalue weighted by atomic mass is 9.81. The summed E-state index contributed by atoms with van der Waals surface area (Å²) in [6.07, 6.45) is -3.59. The molecule has 6 unspecified atom stereocenters. The van der Waals surface area contributed by atoms with Gasteiger partial charge >= 0.3 is 5.97 Å². The molecule has 25 heavy (non-hydrogen) atoms. The molecule has 1 aromatic rings. The van der Waals surface area contributed by atoms with Crippen molar-refractivity contribution >= 4 is 29.2 Å². The van der Waals surface area contributed by atoms with E-state index in [0.717, 1.165) is 11.3 Å². The monoisotopic (exact) mass is 370 g/mol. The van der Waals surface area contributed by atoms with Gasteiger partial charge in [0.15, 0.2) is 5.78 Å². The molecule has 1 fully saturated rings. The first-order valence-electron chi connectivity index (χ1n) is 7.64. The Morgan fingerprint density at radius 3 is 2.64 bits per heavy atom.